The maximum atomic E-state index is 11.7. The van der Waals surface area contributed by atoms with Crippen LogP contribution in [-0.2, 0) is 11.3 Å². The van der Waals surface area contributed by atoms with Crippen LogP contribution in [0.4, 0.5) is 0 Å². The van der Waals surface area contributed by atoms with Crippen LogP contribution in [0.3, 0.4) is 0 Å². The summed E-state index contributed by atoms with van der Waals surface area (Å²) in [5.74, 6) is 0. The number of pyridine rings is 1. The Bertz CT molecular complexity index is 604. The summed E-state index contributed by atoms with van der Waals surface area (Å²) >= 11 is 0. The van der Waals surface area contributed by atoms with Gasteiger partial charge in [-0.2, -0.15) is 0 Å². The largest absolute Gasteiger partial charge is 0.389 e. The molecule has 1 aromatic heterocycles. The molecule has 1 unspecified atom stereocenters. The lowest BCUT2D eigenvalue weighted by atomic mass is 10.2. The lowest BCUT2D eigenvalue weighted by Crippen LogP contribution is -2.24. The molecule has 0 saturated carbocycles. The van der Waals surface area contributed by atoms with E-state index >= 15 is 0 Å². The molecule has 0 amide bonds. The Morgan fingerprint density at radius 1 is 1.26 bits per heavy atom. The fourth-order valence-corrected chi connectivity index (χ4v) is 2.00. The molecule has 0 aliphatic carbocycles. The molecule has 1 N–H and O–H groups in total. The number of rotatable bonds is 5. The maximum Gasteiger partial charge on any atom is 0.189 e. The van der Waals surface area contributed by atoms with E-state index in [1.54, 1.807) is 12.3 Å². The van der Waals surface area contributed by atoms with E-state index in [1.807, 2.05) is 36.6 Å². The van der Waals surface area contributed by atoms with Crippen LogP contribution >= 0.6 is 0 Å². The van der Waals surface area contributed by atoms with Crippen molar-refractivity contribution in [1.82, 2.24) is 4.57 Å². The Hall–Kier alpha value is -1.65. The highest BCUT2D eigenvalue weighted by atomic mass is 16.5. The molecule has 4 nitrogen and oxygen atoms in total. The molecule has 2 rings (SSSR count). The van der Waals surface area contributed by atoms with Crippen molar-refractivity contribution in [3.8, 4) is 0 Å². The highest BCUT2D eigenvalue weighted by Gasteiger charge is 2.09. The van der Waals surface area contributed by atoms with Crippen LogP contribution in [0.5, 0.6) is 0 Å². The second kappa shape index (κ2) is 5.99. The van der Waals surface area contributed by atoms with E-state index in [1.165, 1.54) is 6.07 Å². The van der Waals surface area contributed by atoms with Crippen LogP contribution in [0.25, 0.3) is 10.9 Å². The van der Waals surface area contributed by atoms with Gasteiger partial charge in [0.15, 0.2) is 5.43 Å². The number of aromatic nitrogens is 1. The third-order valence-electron chi connectivity index (χ3n) is 2.91. The highest BCUT2D eigenvalue weighted by Crippen LogP contribution is 2.10. The summed E-state index contributed by atoms with van der Waals surface area (Å²) in [5, 5.41) is 10.6. The van der Waals surface area contributed by atoms with E-state index < -0.39 is 6.10 Å². The van der Waals surface area contributed by atoms with Gasteiger partial charge < -0.3 is 14.4 Å². The molecule has 0 saturated heterocycles. The Morgan fingerprint density at radius 3 is 2.74 bits per heavy atom. The quantitative estimate of drug-likeness (QED) is 0.892. The summed E-state index contributed by atoms with van der Waals surface area (Å²) in [5.41, 5.74) is 0.832. The molecular weight excluding hydrogens is 242 g/mol. The van der Waals surface area contributed by atoms with Crippen molar-refractivity contribution in [2.45, 2.75) is 32.6 Å². The predicted molar refractivity (Wildman–Crippen MR) is 75.3 cm³/mol. The van der Waals surface area contributed by atoms with Crippen LogP contribution in [0, 0.1) is 0 Å². The van der Waals surface area contributed by atoms with Gasteiger partial charge in [-0.25, -0.2) is 0 Å². The Balaban J connectivity index is 2.21. The van der Waals surface area contributed by atoms with E-state index in [-0.39, 0.29) is 18.1 Å². The van der Waals surface area contributed by atoms with E-state index in [2.05, 4.69) is 0 Å². The van der Waals surface area contributed by atoms with Gasteiger partial charge in [-0.15, -0.1) is 0 Å². The highest BCUT2D eigenvalue weighted by molar-refractivity contribution is 5.78. The maximum absolute atomic E-state index is 11.7. The fraction of sp³-hybridized carbons (Fsp3) is 0.400. The van der Waals surface area contributed by atoms with Crippen molar-refractivity contribution < 1.29 is 9.84 Å². The van der Waals surface area contributed by atoms with Crippen LogP contribution in [-0.4, -0.2) is 28.5 Å². The number of nitrogens with zero attached hydrogens (tertiary/aromatic N) is 1. The van der Waals surface area contributed by atoms with Crippen molar-refractivity contribution in [2.75, 3.05) is 6.61 Å². The monoisotopic (exact) mass is 261 g/mol. The molecule has 0 aliphatic rings. The van der Waals surface area contributed by atoms with Crippen LogP contribution in [0.2, 0.25) is 0 Å². The van der Waals surface area contributed by atoms with Gasteiger partial charge in [0.1, 0.15) is 0 Å². The summed E-state index contributed by atoms with van der Waals surface area (Å²) in [6.45, 7) is 4.56. The molecule has 2 aromatic rings. The first-order chi connectivity index (χ1) is 9.08. The van der Waals surface area contributed by atoms with Gasteiger partial charge >= 0.3 is 0 Å². The second-order valence-corrected chi connectivity index (χ2v) is 4.89. The van der Waals surface area contributed by atoms with Gasteiger partial charge in [0, 0.05) is 17.6 Å². The number of ether oxygens (including phenoxy) is 1. The van der Waals surface area contributed by atoms with Crippen LogP contribution < -0.4 is 5.43 Å². The van der Waals surface area contributed by atoms with Crippen LogP contribution in [0.1, 0.15) is 13.8 Å². The summed E-state index contributed by atoms with van der Waals surface area (Å²) in [4.78, 5) is 11.7. The number of hydrogen-bond donors (Lipinski definition) is 1. The fourth-order valence-electron chi connectivity index (χ4n) is 2.00. The smallest absolute Gasteiger partial charge is 0.189 e. The lowest BCUT2D eigenvalue weighted by molar-refractivity contribution is -0.000294. The summed E-state index contributed by atoms with van der Waals surface area (Å²) in [7, 11) is 0. The minimum atomic E-state index is -0.590. The lowest BCUT2D eigenvalue weighted by Gasteiger charge is -2.17. The number of aliphatic hydroxyl groups is 1. The van der Waals surface area contributed by atoms with Gasteiger partial charge in [0.05, 0.1) is 30.9 Å². The molecule has 1 heterocycles. The van der Waals surface area contributed by atoms with Crippen molar-refractivity contribution >= 4 is 10.9 Å². The minimum absolute atomic E-state index is 0.000213. The van der Waals surface area contributed by atoms with E-state index in [0.29, 0.717) is 11.9 Å². The number of aliphatic hydroxyl groups excluding tert-OH is 1. The molecule has 0 bridgehead atoms. The molecule has 0 spiro atoms. The molecule has 0 fully saturated rings. The van der Waals surface area contributed by atoms with E-state index in [0.717, 1.165) is 5.52 Å². The molecule has 4 heteroatoms. The molecule has 0 aliphatic heterocycles. The third kappa shape index (κ3) is 3.43. The first kappa shape index (κ1) is 13.8. The normalized spacial score (nSPS) is 13.1. The number of hydrogen-bond acceptors (Lipinski definition) is 3. The number of benzene rings is 1. The predicted octanol–water partition coefficient (Wildman–Crippen LogP) is 1.79. The van der Waals surface area contributed by atoms with Gasteiger partial charge in [-0.3, -0.25) is 4.79 Å². The SMILES string of the molecule is CC(C)OCC(O)Cn1ccc(=O)c2ccccc21. The van der Waals surface area contributed by atoms with Crippen molar-refractivity contribution in [3.63, 3.8) is 0 Å². The average Bonchev–Trinajstić information content (AvgIpc) is 2.40. The molecule has 1 aromatic carbocycles. The first-order valence-corrected chi connectivity index (χ1v) is 6.46. The zero-order valence-corrected chi connectivity index (χ0v) is 11.2. The second-order valence-electron chi connectivity index (χ2n) is 4.89. The summed E-state index contributed by atoms with van der Waals surface area (Å²) in [6.07, 6.45) is 1.22. The summed E-state index contributed by atoms with van der Waals surface area (Å²) < 4.78 is 7.27. The minimum Gasteiger partial charge on any atom is -0.389 e. The molecular formula is C15H19NO3. The first-order valence-electron chi connectivity index (χ1n) is 6.46. The van der Waals surface area contributed by atoms with Crippen molar-refractivity contribution in [1.29, 1.82) is 0 Å². The third-order valence-corrected chi connectivity index (χ3v) is 2.91. The number of fused-ring (bicyclic) bond motifs is 1. The van der Waals surface area contributed by atoms with Crippen molar-refractivity contribution in [3.05, 3.63) is 46.8 Å². The Morgan fingerprint density at radius 2 is 2.00 bits per heavy atom. The topological polar surface area (TPSA) is 51.5 Å². The average molecular weight is 261 g/mol. The molecule has 0 radical (unpaired) electrons. The van der Waals surface area contributed by atoms with Gasteiger partial charge in [0.2, 0.25) is 0 Å². The van der Waals surface area contributed by atoms with Gasteiger partial charge in [0.25, 0.3) is 0 Å². The van der Waals surface area contributed by atoms with Crippen LogP contribution in [0.15, 0.2) is 41.3 Å². The Labute approximate surface area is 112 Å². The Kier molecular flexibility index (Phi) is 4.35. The number of para-hydroxylation sites is 1. The van der Waals surface area contributed by atoms with Gasteiger partial charge in [-0.05, 0) is 26.0 Å². The summed E-state index contributed by atoms with van der Waals surface area (Å²) in [6, 6.07) is 8.93. The van der Waals surface area contributed by atoms with Gasteiger partial charge in [-0.1, -0.05) is 12.1 Å². The van der Waals surface area contributed by atoms with E-state index in [4.69, 9.17) is 4.74 Å². The molecule has 19 heavy (non-hydrogen) atoms. The standard InChI is InChI=1S/C15H19NO3/c1-11(2)19-10-12(17)9-16-8-7-15(18)13-5-3-4-6-14(13)16/h3-8,11-12,17H,9-10H2,1-2H3. The van der Waals surface area contributed by atoms with Crippen molar-refractivity contribution in [2.24, 2.45) is 0 Å². The molecule has 102 valence electrons. The zero-order chi connectivity index (χ0) is 13.8. The molecule has 1 atom stereocenters. The van der Waals surface area contributed by atoms with E-state index in [9.17, 15) is 9.90 Å². The zero-order valence-electron chi connectivity index (χ0n) is 11.2.